The van der Waals surface area contributed by atoms with Gasteiger partial charge in [-0.15, -0.1) is 0 Å². The second-order valence-electron chi connectivity index (χ2n) is 5.59. The second kappa shape index (κ2) is 8.03. The summed E-state index contributed by atoms with van der Waals surface area (Å²) in [6.45, 7) is 4.27. The van der Waals surface area contributed by atoms with Crippen molar-refractivity contribution in [3.05, 3.63) is 36.7 Å². The van der Waals surface area contributed by atoms with E-state index in [0.29, 0.717) is 12.3 Å². The fraction of sp³-hybridized carbons (Fsp3) is 0.412. The third-order valence-corrected chi connectivity index (χ3v) is 4.52. The average Bonchev–Trinajstić information content (AvgIpc) is 2.86. The van der Waals surface area contributed by atoms with Gasteiger partial charge in [-0.2, -0.15) is 0 Å². The minimum Gasteiger partial charge on any atom is -0.329 e. The van der Waals surface area contributed by atoms with Gasteiger partial charge in [0.1, 0.15) is 0 Å². The summed E-state index contributed by atoms with van der Waals surface area (Å²) in [6, 6.07) is 7.89. The maximum absolute atomic E-state index is 12.0. The SMILES string of the molecule is CCCC(C)CC(=O)Nc1ccc(Sc2nccn2C)cc1. The highest BCUT2D eigenvalue weighted by atomic mass is 32.2. The van der Waals surface area contributed by atoms with Crippen molar-refractivity contribution < 1.29 is 4.79 Å². The van der Waals surface area contributed by atoms with Crippen LogP contribution in [0, 0.1) is 5.92 Å². The Morgan fingerprint density at radius 1 is 1.36 bits per heavy atom. The van der Waals surface area contributed by atoms with Crippen molar-refractivity contribution in [2.24, 2.45) is 13.0 Å². The molecule has 0 aliphatic heterocycles. The van der Waals surface area contributed by atoms with Crippen LogP contribution in [0.5, 0.6) is 0 Å². The first-order chi connectivity index (χ1) is 10.6. The molecule has 0 saturated carbocycles. The summed E-state index contributed by atoms with van der Waals surface area (Å²) in [4.78, 5) is 17.3. The molecule has 1 atom stereocenters. The van der Waals surface area contributed by atoms with E-state index in [1.165, 1.54) is 0 Å². The van der Waals surface area contributed by atoms with Crippen LogP contribution in [0.15, 0.2) is 46.7 Å². The first kappa shape index (κ1) is 16.6. The molecule has 1 N–H and O–H groups in total. The number of benzene rings is 1. The van der Waals surface area contributed by atoms with Crippen molar-refractivity contribution in [2.45, 2.75) is 43.2 Å². The van der Waals surface area contributed by atoms with Gasteiger partial charge in [0.05, 0.1) is 0 Å². The quantitative estimate of drug-likeness (QED) is 0.826. The summed E-state index contributed by atoms with van der Waals surface area (Å²) in [5.74, 6) is 0.522. The molecule has 118 valence electrons. The zero-order valence-corrected chi connectivity index (χ0v) is 14.2. The summed E-state index contributed by atoms with van der Waals surface area (Å²) in [5.41, 5.74) is 0.845. The van der Waals surface area contributed by atoms with Crippen LogP contribution in [-0.2, 0) is 11.8 Å². The van der Waals surface area contributed by atoms with E-state index in [1.54, 1.807) is 18.0 Å². The zero-order chi connectivity index (χ0) is 15.9. The lowest BCUT2D eigenvalue weighted by molar-refractivity contribution is -0.117. The molecule has 1 aromatic carbocycles. The molecule has 0 aliphatic rings. The van der Waals surface area contributed by atoms with Crippen molar-refractivity contribution in [3.8, 4) is 0 Å². The van der Waals surface area contributed by atoms with Crippen LogP contribution in [0.1, 0.15) is 33.1 Å². The van der Waals surface area contributed by atoms with E-state index in [4.69, 9.17) is 0 Å². The van der Waals surface area contributed by atoms with Gasteiger partial charge >= 0.3 is 0 Å². The monoisotopic (exact) mass is 317 g/mol. The number of carbonyl (C=O) groups excluding carboxylic acids is 1. The predicted octanol–water partition coefficient (Wildman–Crippen LogP) is 4.34. The third kappa shape index (κ3) is 4.91. The first-order valence-electron chi connectivity index (χ1n) is 7.63. The molecule has 2 rings (SSSR count). The summed E-state index contributed by atoms with van der Waals surface area (Å²) >= 11 is 1.60. The van der Waals surface area contributed by atoms with E-state index < -0.39 is 0 Å². The standard InChI is InChI=1S/C17H23N3OS/c1-4-5-13(2)12-16(21)19-14-6-8-15(9-7-14)22-17-18-10-11-20(17)3/h6-11,13H,4-5,12H2,1-3H3,(H,19,21). The van der Waals surface area contributed by atoms with Gasteiger partial charge in [0.15, 0.2) is 5.16 Å². The van der Waals surface area contributed by atoms with E-state index >= 15 is 0 Å². The lowest BCUT2D eigenvalue weighted by Gasteiger charge is -2.10. The fourth-order valence-corrected chi connectivity index (χ4v) is 3.09. The Kier molecular flexibility index (Phi) is 6.07. The van der Waals surface area contributed by atoms with Crippen LogP contribution in [0.3, 0.4) is 0 Å². The molecule has 0 saturated heterocycles. The topological polar surface area (TPSA) is 46.9 Å². The Balaban J connectivity index is 1.89. The number of hydrogen-bond donors (Lipinski definition) is 1. The highest BCUT2D eigenvalue weighted by molar-refractivity contribution is 7.99. The van der Waals surface area contributed by atoms with Gasteiger partial charge in [0, 0.05) is 36.4 Å². The number of hydrogen-bond acceptors (Lipinski definition) is 3. The van der Waals surface area contributed by atoms with Crippen LogP contribution in [-0.4, -0.2) is 15.5 Å². The maximum atomic E-state index is 12.0. The van der Waals surface area contributed by atoms with Gasteiger partial charge in [-0.25, -0.2) is 4.98 Å². The zero-order valence-electron chi connectivity index (χ0n) is 13.4. The highest BCUT2D eigenvalue weighted by Crippen LogP contribution is 2.26. The molecule has 0 aliphatic carbocycles. The van der Waals surface area contributed by atoms with Crippen LogP contribution in [0.2, 0.25) is 0 Å². The van der Waals surface area contributed by atoms with E-state index in [1.807, 2.05) is 42.1 Å². The van der Waals surface area contributed by atoms with E-state index in [2.05, 4.69) is 24.1 Å². The maximum Gasteiger partial charge on any atom is 0.224 e. The fourth-order valence-electron chi connectivity index (χ4n) is 2.29. The van der Waals surface area contributed by atoms with Gasteiger partial charge in [-0.1, -0.05) is 38.5 Å². The number of carbonyl (C=O) groups is 1. The molecular weight excluding hydrogens is 294 g/mol. The van der Waals surface area contributed by atoms with Crippen LogP contribution >= 0.6 is 11.8 Å². The van der Waals surface area contributed by atoms with Crippen LogP contribution in [0.25, 0.3) is 0 Å². The molecule has 1 heterocycles. The molecule has 0 radical (unpaired) electrons. The number of amides is 1. The van der Waals surface area contributed by atoms with Gasteiger partial charge in [-0.05, 0) is 30.2 Å². The Labute approximate surface area is 136 Å². The minimum atomic E-state index is 0.0884. The molecule has 0 spiro atoms. The van der Waals surface area contributed by atoms with Crippen LogP contribution < -0.4 is 5.32 Å². The predicted molar refractivity (Wildman–Crippen MR) is 91.1 cm³/mol. The summed E-state index contributed by atoms with van der Waals surface area (Å²) in [6.07, 6.45) is 6.50. The van der Waals surface area contributed by atoms with Crippen molar-refractivity contribution in [2.75, 3.05) is 5.32 Å². The normalized spacial score (nSPS) is 12.1. The number of aryl methyl sites for hydroxylation is 1. The molecule has 1 unspecified atom stereocenters. The molecule has 5 heteroatoms. The van der Waals surface area contributed by atoms with E-state index in [-0.39, 0.29) is 5.91 Å². The van der Waals surface area contributed by atoms with E-state index in [0.717, 1.165) is 28.6 Å². The van der Waals surface area contributed by atoms with Crippen LogP contribution in [0.4, 0.5) is 5.69 Å². The average molecular weight is 317 g/mol. The number of nitrogens with one attached hydrogen (secondary N) is 1. The molecule has 2 aromatic rings. The lowest BCUT2D eigenvalue weighted by atomic mass is 10.0. The largest absolute Gasteiger partial charge is 0.329 e. The summed E-state index contributed by atoms with van der Waals surface area (Å²) < 4.78 is 1.98. The van der Waals surface area contributed by atoms with Gasteiger partial charge in [0.25, 0.3) is 0 Å². The minimum absolute atomic E-state index is 0.0884. The number of imidazole rings is 1. The van der Waals surface area contributed by atoms with Crippen molar-refractivity contribution >= 4 is 23.4 Å². The molecule has 1 aromatic heterocycles. The third-order valence-electron chi connectivity index (χ3n) is 3.44. The van der Waals surface area contributed by atoms with Crippen molar-refractivity contribution in [1.82, 2.24) is 9.55 Å². The highest BCUT2D eigenvalue weighted by Gasteiger charge is 2.09. The van der Waals surface area contributed by atoms with Crippen molar-refractivity contribution in [3.63, 3.8) is 0 Å². The molecule has 0 bridgehead atoms. The smallest absolute Gasteiger partial charge is 0.224 e. The second-order valence-corrected chi connectivity index (χ2v) is 6.63. The molecule has 4 nitrogen and oxygen atoms in total. The number of rotatable bonds is 7. The number of nitrogens with zero attached hydrogens (tertiary/aromatic N) is 2. The molecule has 0 fully saturated rings. The first-order valence-corrected chi connectivity index (χ1v) is 8.45. The molecule has 1 amide bonds. The van der Waals surface area contributed by atoms with Gasteiger partial charge in [-0.3, -0.25) is 4.79 Å². The van der Waals surface area contributed by atoms with Gasteiger partial charge < -0.3 is 9.88 Å². The van der Waals surface area contributed by atoms with Crippen molar-refractivity contribution in [1.29, 1.82) is 0 Å². The number of anilines is 1. The summed E-state index contributed by atoms with van der Waals surface area (Å²) in [7, 11) is 1.97. The summed E-state index contributed by atoms with van der Waals surface area (Å²) in [5, 5.41) is 3.91. The Morgan fingerprint density at radius 2 is 2.09 bits per heavy atom. The van der Waals surface area contributed by atoms with E-state index in [9.17, 15) is 4.79 Å². The molecular formula is C17H23N3OS. The number of aromatic nitrogens is 2. The molecule has 22 heavy (non-hydrogen) atoms. The van der Waals surface area contributed by atoms with Gasteiger partial charge in [0.2, 0.25) is 5.91 Å². The lowest BCUT2D eigenvalue weighted by Crippen LogP contribution is -2.14. The Morgan fingerprint density at radius 3 is 2.68 bits per heavy atom. The Hall–Kier alpha value is -1.75. The Bertz CT molecular complexity index is 607.